The van der Waals surface area contributed by atoms with E-state index in [1.807, 2.05) is 6.07 Å². The molecule has 0 bridgehead atoms. The highest BCUT2D eigenvalue weighted by molar-refractivity contribution is 5.95. The van der Waals surface area contributed by atoms with E-state index in [0.29, 0.717) is 18.5 Å². The standard InChI is InChI=1S/C16H16N2O3/c1-21-16(20)14-3-2-10-18(14)15(19)9-8-12-4-6-13(11-17)7-5-12/h4-9,14H,2-3,10H2,1H3/b9-8+. The predicted octanol–water partition coefficient (Wildman–Crippen LogP) is 1.74. The van der Waals surface area contributed by atoms with Gasteiger partial charge in [0.25, 0.3) is 0 Å². The Hall–Kier alpha value is -2.61. The summed E-state index contributed by atoms with van der Waals surface area (Å²) in [4.78, 5) is 25.3. The molecule has 0 spiro atoms. The van der Waals surface area contributed by atoms with Crippen molar-refractivity contribution in [1.82, 2.24) is 4.90 Å². The van der Waals surface area contributed by atoms with E-state index in [4.69, 9.17) is 10.00 Å². The van der Waals surface area contributed by atoms with Crippen LogP contribution in [0.25, 0.3) is 6.08 Å². The summed E-state index contributed by atoms with van der Waals surface area (Å²) in [7, 11) is 1.33. The van der Waals surface area contributed by atoms with Gasteiger partial charge in [-0.05, 0) is 36.6 Å². The molecule has 5 nitrogen and oxygen atoms in total. The summed E-state index contributed by atoms with van der Waals surface area (Å²) >= 11 is 0. The van der Waals surface area contributed by atoms with Gasteiger partial charge in [0.2, 0.25) is 5.91 Å². The molecule has 0 aliphatic carbocycles. The van der Waals surface area contributed by atoms with Crippen LogP contribution in [0.3, 0.4) is 0 Å². The van der Waals surface area contributed by atoms with E-state index in [-0.39, 0.29) is 11.9 Å². The number of likely N-dealkylation sites (tertiary alicyclic amines) is 1. The summed E-state index contributed by atoms with van der Waals surface area (Å²) in [5.41, 5.74) is 1.40. The Morgan fingerprint density at radius 2 is 2.10 bits per heavy atom. The second kappa shape index (κ2) is 6.71. The zero-order chi connectivity index (χ0) is 15.2. The van der Waals surface area contributed by atoms with Crippen LogP contribution < -0.4 is 0 Å². The van der Waals surface area contributed by atoms with Crippen LogP contribution in [0.15, 0.2) is 30.3 Å². The second-order valence-electron chi connectivity index (χ2n) is 4.78. The van der Waals surface area contributed by atoms with Gasteiger partial charge in [-0.1, -0.05) is 12.1 Å². The van der Waals surface area contributed by atoms with E-state index < -0.39 is 6.04 Å². The highest BCUT2D eigenvalue weighted by Crippen LogP contribution is 2.19. The molecule has 21 heavy (non-hydrogen) atoms. The summed E-state index contributed by atoms with van der Waals surface area (Å²) in [5.74, 6) is -0.570. The van der Waals surface area contributed by atoms with Crippen molar-refractivity contribution in [3.63, 3.8) is 0 Å². The highest BCUT2D eigenvalue weighted by atomic mass is 16.5. The Morgan fingerprint density at radius 3 is 2.71 bits per heavy atom. The number of carbonyl (C=O) groups excluding carboxylic acids is 2. The first-order chi connectivity index (χ1) is 10.2. The van der Waals surface area contributed by atoms with Gasteiger partial charge in [-0.3, -0.25) is 4.79 Å². The van der Waals surface area contributed by atoms with E-state index in [0.717, 1.165) is 12.0 Å². The summed E-state index contributed by atoms with van der Waals surface area (Å²) in [6, 6.07) is 8.48. The third kappa shape index (κ3) is 3.48. The molecule has 108 valence electrons. The van der Waals surface area contributed by atoms with Gasteiger partial charge in [-0.2, -0.15) is 5.26 Å². The third-order valence-corrected chi connectivity index (χ3v) is 3.47. The maximum Gasteiger partial charge on any atom is 0.328 e. The fourth-order valence-corrected chi connectivity index (χ4v) is 2.34. The van der Waals surface area contributed by atoms with Crippen molar-refractivity contribution in [1.29, 1.82) is 5.26 Å². The SMILES string of the molecule is COC(=O)C1CCCN1C(=O)/C=C/c1ccc(C#N)cc1. The molecule has 5 heteroatoms. The van der Waals surface area contributed by atoms with E-state index in [9.17, 15) is 9.59 Å². The lowest BCUT2D eigenvalue weighted by Gasteiger charge is -2.20. The molecule has 1 amide bonds. The number of rotatable bonds is 3. The van der Waals surface area contributed by atoms with Crippen LogP contribution in [0.2, 0.25) is 0 Å². The number of carbonyl (C=O) groups is 2. The summed E-state index contributed by atoms with van der Waals surface area (Å²) in [5, 5.41) is 8.72. The fourth-order valence-electron chi connectivity index (χ4n) is 2.34. The summed E-state index contributed by atoms with van der Waals surface area (Å²) in [6.07, 6.45) is 4.57. The van der Waals surface area contributed by atoms with Crippen LogP contribution in [0.5, 0.6) is 0 Å². The van der Waals surface area contributed by atoms with Crippen LogP contribution in [0.4, 0.5) is 0 Å². The molecule has 2 rings (SSSR count). The molecule has 1 unspecified atom stereocenters. The van der Waals surface area contributed by atoms with E-state index in [1.165, 1.54) is 18.1 Å². The van der Waals surface area contributed by atoms with E-state index >= 15 is 0 Å². The van der Waals surface area contributed by atoms with Gasteiger partial charge in [0.1, 0.15) is 6.04 Å². The molecule has 1 aromatic rings. The van der Waals surface area contributed by atoms with Crippen molar-refractivity contribution in [2.75, 3.05) is 13.7 Å². The van der Waals surface area contributed by atoms with Crippen molar-refractivity contribution in [3.05, 3.63) is 41.5 Å². The van der Waals surface area contributed by atoms with E-state index in [1.54, 1.807) is 30.3 Å². The van der Waals surface area contributed by atoms with Gasteiger partial charge in [0.15, 0.2) is 0 Å². The minimum atomic E-state index is -0.479. The molecule has 1 fully saturated rings. The second-order valence-corrected chi connectivity index (χ2v) is 4.78. The van der Waals surface area contributed by atoms with Gasteiger partial charge in [0.05, 0.1) is 18.7 Å². The van der Waals surface area contributed by atoms with Crippen LogP contribution in [0, 0.1) is 11.3 Å². The molecule has 1 aromatic carbocycles. The first-order valence-corrected chi connectivity index (χ1v) is 6.72. The number of benzene rings is 1. The maximum atomic E-state index is 12.2. The minimum absolute atomic E-state index is 0.202. The number of nitrogens with zero attached hydrogens (tertiary/aromatic N) is 2. The number of hydrogen-bond acceptors (Lipinski definition) is 4. The highest BCUT2D eigenvalue weighted by Gasteiger charge is 2.33. The monoisotopic (exact) mass is 284 g/mol. The molecule has 0 N–H and O–H groups in total. The molecule has 0 aromatic heterocycles. The topological polar surface area (TPSA) is 70.4 Å². The minimum Gasteiger partial charge on any atom is -0.467 e. The Morgan fingerprint density at radius 1 is 1.38 bits per heavy atom. The average molecular weight is 284 g/mol. The molecule has 0 radical (unpaired) electrons. The van der Waals surface area contributed by atoms with Crippen molar-refractivity contribution < 1.29 is 14.3 Å². The fraction of sp³-hybridized carbons (Fsp3) is 0.312. The molecule has 1 saturated heterocycles. The Balaban J connectivity index is 2.04. The lowest BCUT2D eigenvalue weighted by molar-refractivity contribution is -0.149. The van der Waals surface area contributed by atoms with Gasteiger partial charge in [0, 0.05) is 12.6 Å². The largest absolute Gasteiger partial charge is 0.467 e. The van der Waals surface area contributed by atoms with E-state index in [2.05, 4.69) is 0 Å². The first-order valence-electron chi connectivity index (χ1n) is 6.72. The van der Waals surface area contributed by atoms with Gasteiger partial charge in [-0.15, -0.1) is 0 Å². The molecule has 1 atom stereocenters. The van der Waals surface area contributed by atoms with Gasteiger partial charge < -0.3 is 9.64 Å². The Bertz CT molecular complexity index is 599. The van der Waals surface area contributed by atoms with Gasteiger partial charge in [-0.25, -0.2) is 4.79 Å². The van der Waals surface area contributed by atoms with Crippen molar-refractivity contribution in [3.8, 4) is 6.07 Å². The smallest absolute Gasteiger partial charge is 0.328 e. The summed E-state index contributed by atoms with van der Waals surface area (Å²) in [6.45, 7) is 0.566. The Kier molecular flexibility index (Phi) is 4.72. The first kappa shape index (κ1) is 14.8. The molecule has 1 aliphatic heterocycles. The number of esters is 1. The predicted molar refractivity (Wildman–Crippen MR) is 76.9 cm³/mol. The number of methoxy groups -OCH3 is 1. The molecule has 0 saturated carbocycles. The number of nitriles is 1. The third-order valence-electron chi connectivity index (χ3n) is 3.47. The maximum absolute atomic E-state index is 12.2. The van der Waals surface area contributed by atoms with Gasteiger partial charge >= 0.3 is 5.97 Å². The average Bonchev–Trinajstić information content (AvgIpc) is 3.02. The quantitative estimate of drug-likeness (QED) is 0.626. The van der Waals surface area contributed by atoms with Crippen LogP contribution >= 0.6 is 0 Å². The normalized spacial score (nSPS) is 17.7. The lowest BCUT2D eigenvalue weighted by atomic mass is 10.1. The number of amides is 1. The molecular weight excluding hydrogens is 268 g/mol. The molecule has 1 heterocycles. The Labute approximate surface area is 123 Å². The van der Waals surface area contributed by atoms with Crippen LogP contribution in [0.1, 0.15) is 24.0 Å². The lowest BCUT2D eigenvalue weighted by Crippen LogP contribution is -2.40. The number of ether oxygens (including phenoxy) is 1. The van der Waals surface area contributed by atoms with Crippen LogP contribution in [-0.4, -0.2) is 36.5 Å². The van der Waals surface area contributed by atoms with Crippen LogP contribution in [-0.2, 0) is 14.3 Å². The zero-order valence-corrected chi connectivity index (χ0v) is 11.8. The van der Waals surface area contributed by atoms with Crippen molar-refractivity contribution >= 4 is 18.0 Å². The molecular formula is C16H16N2O3. The number of hydrogen-bond donors (Lipinski definition) is 0. The van der Waals surface area contributed by atoms with Crippen molar-refractivity contribution in [2.45, 2.75) is 18.9 Å². The van der Waals surface area contributed by atoms with Crippen molar-refractivity contribution in [2.24, 2.45) is 0 Å². The summed E-state index contributed by atoms with van der Waals surface area (Å²) < 4.78 is 4.72. The molecule has 1 aliphatic rings. The zero-order valence-electron chi connectivity index (χ0n) is 11.8.